The molecule has 0 spiro atoms. The van der Waals surface area contributed by atoms with E-state index in [1.54, 1.807) is 18.3 Å². The van der Waals surface area contributed by atoms with Crippen molar-refractivity contribution >= 4 is 39.4 Å². The van der Waals surface area contributed by atoms with Gasteiger partial charge in [0.2, 0.25) is 0 Å². The van der Waals surface area contributed by atoms with Gasteiger partial charge in [-0.25, -0.2) is 19.2 Å². The van der Waals surface area contributed by atoms with Crippen molar-refractivity contribution in [3.8, 4) is 17.0 Å². The van der Waals surface area contributed by atoms with Crippen LogP contribution in [0.25, 0.3) is 33.1 Å². The Hall–Kier alpha value is -3.27. The summed E-state index contributed by atoms with van der Waals surface area (Å²) in [6, 6.07) is 6.02. The van der Waals surface area contributed by atoms with Gasteiger partial charge >= 0.3 is 5.97 Å². The summed E-state index contributed by atoms with van der Waals surface area (Å²) in [5.41, 5.74) is 2.34. The number of benzene rings is 2. The molecule has 10 heteroatoms. The maximum absolute atomic E-state index is 13.9. The molecule has 8 nitrogen and oxygen atoms in total. The Bertz CT molecular complexity index is 1370. The molecule has 2 aromatic heterocycles. The van der Waals surface area contributed by atoms with Gasteiger partial charge in [-0.2, -0.15) is 0 Å². The van der Waals surface area contributed by atoms with E-state index >= 15 is 0 Å². The van der Waals surface area contributed by atoms with Crippen LogP contribution in [0.3, 0.4) is 0 Å². The number of carboxylic acids is 1. The van der Waals surface area contributed by atoms with E-state index in [4.69, 9.17) is 21.1 Å². The molecule has 2 aromatic carbocycles. The number of hydrogen-bond donors (Lipinski definition) is 2. The molecule has 0 radical (unpaired) electrons. The fraction of sp³-hybridized carbons (Fsp3) is 0.292. The number of ether oxygens (including phenoxy) is 2. The van der Waals surface area contributed by atoms with Crippen LogP contribution in [0.2, 0.25) is 5.02 Å². The van der Waals surface area contributed by atoms with Crippen molar-refractivity contribution in [2.45, 2.75) is 6.42 Å². The van der Waals surface area contributed by atoms with Crippen LogP contribution >= 0.6 is 11.6 Å². The minimum Gasteiger partial charge on any atom is -0.493 e. The van der Waals surface area contributed by atoms with E-state index in [-0.39, 0.29) is 16.3 Å². The first kappa shape index (κ1) is 22.5. The zero-order valence-corrected chi connectivity index (χ0v) is 18.9. The number of hydrogen-bond acceptors (Lipinski definition) is 6. The second kappa shape index (κ2) is 9.54. The quantitative estimate of drug-likeness (QED) is 0.376. The van der Waals surface area contributed by atoms with Crippen molar-refractivity contribution in [1.29, 1.82) is 0 Å². The van der Waals surface area contributed by atoms with Gasteiger partial charge in [-0.15, -0.1) is 0 Å². The molecule has 0 unspecified atom stereocenters. The van der Waals surface area contributed by atoms with E-state index in [1.165, 1.54) is 18.5 Å². The third kappa shape index (κ3) is 4.42. The van der Waals surface area contributed by atoms with Crippen LogP contribution in [-0.4, -0.2) is 70.4 Å². The van der Waals surface area contributed by atoms with E-state index < -0.39 is 11.8 Å². The lowest BCUT2D eigenvalue weighted by Gasteiger charge is -2.26. The highest BCUT2D eigenvalue weighted by Gasteiger charge is 2.19. The molecule has 4 aromatic rings. The van der Waals surface area contributed by atoms with Gasteiger partial charge in [-0.3, -0.25) is 4.90 Å². The average Bonchev–Trinajstić information content (AvgIpc) is 3.24. The summed E-state index contributed by atoms with van der Waals surface area (Å²) in [4.78, 5) is 25.9. The first-order valence-corrected chi connectivity index (χ1v) is 11.3. The van der Waals surface area contributed by atoms with Gasteiger partial charge in [-0.05, 0) is 30.7 Å². The number of nitrogens with zero attached hydrogens (tertiary/aromatic N) is 3. The normalized spacial score (nSPS) is 14.6. The lowest BCUT2D eigenvalue weighted by Crippen LogP contribution is -2.37. The topological polar surface area (TPSA) is 101 Å². The van der Waals surface area contributed by atoms with Gasteiger partial charge in [0.05, 0.1) is 36.1 Å². The standard InChI is InChI=1S/C24H22ClFN4O4/c25-18-8-14-17(12-27-21(14)11-19(18)26)23-15-10-22(16(24(31)32)9-20(15)28-13-29-23)34-5-1-2-30-3-6-33-7-4-30/h8-13,27H,1-7H2,(H,31,32). The Balaban J connectivity index is 1.48. The van der Waals surface area contributed by atoms with Gasteiger partial charge in [0.1, 0.15) is 23.5 Å². The minimum atomic E-state index is -1.10. The van der Waals surface area contributed by atoms with Crippen LogP contribution in [0.4, 0.5) is 4.39 Å². The SMILES string of the molecule is O=C(O)c1cc2ncnc(-c3c[nH]c4cc(F)c(Cl)cc34)c2cc1OCCCN1CCOCC1. The molecule has 2 N–H and O–H groups in total. The van der Waals surface area contributed by atoms with E-state index in [2.05, 4.69) is 19.9 Å². The molecule has 0 aliphatic carbocycles. The van der Waals surface area contributed by atoms with Gasteiger partial charge in [0, 0.05) is 47.7 Å². The van der Waals surface area contributed by atoms with Gasteiger partial charge in [0.15, 0.2) is 0 Å². The smallest absolute Gasteiger partial charge is 0.339 e. The number of nitrogens with one attached hydrogen (secondary N) is 1. The Kier molecular flexibility index (Phi) is 6.32. The molecule has 1 fully saturated rings. The second-order valence-corrected chi connectivity index (χ2v) is 8.47. The maximum atomic E-state index is 13.9. The van der Waals surface area contributed by atoms with Crippen molar-refractivity contribution in [3.05, 3.63) is 53.2 Å². The van der Waals surface area contributed by atoms with Crippen LogP contribution in [0, 0.1) is 5.82 Å². The first-order chi connectivity index (χ1) is 16.5. The molecular formula is C24H22ClFN4O4. The van der Waals surface area contributed by atoms with E-state index in [1.807, 2.05) is 0 Å². The van der Waals surface area contributed by atoms with Crippen molar-refractivity contribution in [2.75, 3.05) is 39.5 Å². The highest BCUT2D eigenvalue weighted by molar-refractivity contribution is 6.31. The zero-order chi connectivity index (χ0) is 23.7. The Morgan fingerprint density at radius 2 is 2.03 bits per heavy atom. The third-order valence-corrected chi connectivity index (χ3v) is 6.21. The average molecular weight is 485 g/mol. The molecular weight excluding hydrogens is 463 g/mol. The molecule has 0 amide bonds. The summed E-state index contributed by atoms with van der Waals surface area (Å²) >= 11 is 6.01. The summed E-state index contributed by atoms with van der Waals surface area (Å²) in [5, 5.41) is 11.1. The van der Waals surface area contributed by atoms with Crippen LogP contribution < -0.4 is 4.74 Å². The molecule has 5 rings (SSSR count). The Morgan fingerprint density at radius 3 is 2.82 bits per heavy atom. The second-order valence-electron chi connectivity index (χ2n) is 8.06. The van der Waals surface area contributed by atoms with Gasteiger partial charge < -0.3 is 19.6 Å². The number of carboxylic acid groups (broad SMARTS) is 1. The van der Waals surface area contributed by atoms with Crippen LogP contribution in [0.5, 0.6) is 5.75 Å². The largest absolute Gasteiger partial charge is 0.493 e. The number of rotatable bonds is 7. The number of morpholine rings is 1. The number of fused-ring (bicyclic) bond motifs is 2. The number of carbonyl (C=O) groups is 1. The van der Waals surface area contributed by atoms with E-state index in [9.17, 15) is 14.3 Å². The highest BCUT2D eigenvalue weighted by atomic mass is 35.5. The first-order valence-electron chi connectivity index (χ1n) is 10.9. The van der Waals surface area contributed by atoms with Crippen molar-refractivity contribution in [2.24, 2.45) is 0 Å². The van der Waals surface area contributed by atoms with Crippen LogP contribution in [0.15, 0.2) is 36.8 Å². The fourth-order valence-electron chi connectivity index (χ4n) is 4.19. The lowest BCUT2D eigenvalue weighted by molar-refractivity contribution is 0.0357. The Morgan fingerprint density at radius 1 is 1.21 bits per heavy atom. The van der Waals surface area contributed by atoms with E-state index in [0.29, 0.717) is 39.7 Å². The molecule has 0 atom stereocenters. The molecule has 1 aliphatic heterocycles. The lowest BCUT2D eigenvalue weighted by atomic mass is 10.0. The van der Waals surface area contributed by atoms with Gasteiger partial charge in [0.25, 0.3) is 0 Å². The number of halogens is 2. The number of H-pyrrole nitrogens is 1. The molecule has 0 bridgehead atoms. The summed E-state index contributed by atoms with van der Waals surface area (Å²) in [7, 11) is 0. The number of aromatic nitrogens is 3. The molecule has 1 aliphatic rings. The monoisotopic (exact) mass is 484 g/mol. The summed E-state index contributed by atoms with van der Waals surface area (Å²) < 4.78 is 25.2. The van der Waals surface area contributed by atoms with E-state index in [0.717, 1.165) is 39.3 Å². The highest BCUT2D eigenvalue weighted by Crippen LogP contribution is 2.36. The maximum Gasteiger partial charge on any atom is 0.339 e. The van der Waals surface area contributed by atoms with Crippen molar-refractivity contribution in [3.63, 3.8) is 0 Å². The van der Waals surface area contributed by atoms with Gasteiger partial charge in [-0.1, -0.05) is 11.6 Å². The predicted octanol–water partition coefficient (Wildman–Crippen LogP) is 4.37. The van der Waals surface area contributed by atoms with Crippen LogP contribution in [0.1, 0.15) is 16.8 Å². The van der Waals surface area contributed by atoms with Crippen LogP contribution in [-0.2, 0) is 4.74 Å². The molecule has 34 heavy (non-hydrogen) atoms. The summed E-state index contributed by atoms with van der Waals surface area (Å²) in [6.45, 7) is 4.44. The number of aromatic carboxylic acids is 1. The third-order valence-electron chi connectivity index (χ3n) is 5.92. The van der Waals surface area contributed by atoms with Crippen molar-refractivity contribution in [1.82, 2.24) is 19.9 Å². The molecule has 1 saturated heterocycles. The number of aromatic amines is 1. The molecule has 3 heterocycles. The molecule has 176 valence electrons. The predicted molar refractivity (Wildman–Crippen MR) is 126 cm³/mol. The zero-order valence-electron chi connectivity index (χ0n) is 18.2. The minimum absolute atomic E-state index is 0.00386. The summed E-state index contributed by atoms with van der Waals surface area (Å²) in [6.07, 6.45) is 3.84. The molecule has 0 saturated carbocycles. The summed E-state index contributed by atoms with van der Waals surface area (Å²) in [5.74, 6) is -1.37. The van der Waals surface area contributed by atoms with Crippen molar-refractivity contribution < 1.29 is 23.8 Å². The Labute approximate surface area is 199 Å². The fourth-order valence-corrected chi connectivity index (χ4v) is 4.36.